The van der Waals surface area contributed by atoms with Gasteiger partial charge in [-0.1, -0.05) is 13.0 Å². The second-order valence-electron chi connectivity index (χ2n) is 7.54. The summed E-state index contributed by atoms with van der Waals surface area (Å²) >= 11 is 0. The molecule has 2 N–H and O–H groups in total. The summed E-state index contributed by atoms with van der Waals surface area (Å²) in [6.07, 6.45) is -1.58. The van der Waals surface area contributed by atoms with Gasteiger partial charge in [0.1, 0.15) is 11.5 Å². The average Bonchev–Trinajstić information content (AvgIpc) is 2.73. The van der Waals surface area contributed by atoms with Crippen molar-refractivity contribution in [1.82, 2.24) is 10.3 Å². The van der Waals surface area contributed by atoms with E-state index >= 15 is 0 Å². The van der Waals surface area contributed by atoms with Gasteiger partial charge in [0, 0.05) is 11.8 Å². The highest BCUT2D eigenvalue weighted by Crippen LogP contribution is 2.29. The normalized spacial score (nSPS) is 14.3. The first-order valence-corrected chi connectivity index (χ1v) is 12.0. The van der Waals surface area contributed by atoms with Crippen molar-refractivity contribution >= 4 is 21.6 Å². The molecule has 2 unspecified atom stereocenters. The lowest BCUT2D eigenvalue weighted by molar-refractivity contribution is -0.141. The van der Waals surface area contributed by atoms with Gasteiger partial charge in [-0.05, 0) is 56.2 Å². The van der Waals surface area contributed by atoms with E-state index in [0.717, 1.165) is 30.7 Å². The standard InChI is InChI=1S/C22H25F4N3O4S/c1-5-6-13(2)33-21(16-8-10-19(27-12-16)22(24,25)26)28-20(30)14(3)15-7-9-18(17(23)11-15)29-34(4,31)32/h6-12,14,21,29H,5H2,1-4H3,(H,28,30)/b13-6-. The van der Waals surface area contributed by atoms with E-state index < -0.39 is 45.8 Å². The van der Waals surface area contributed by atoms with Crippen LogP contribution in [0.1, 0.15) is 56.2 Å². The van der Waals surface area contributed by atoms with Gasteiger partial charge in [-0.25, -0.2) is 12.8 Å². The zero-order valence-corrected chi connectivity index (χ0v) is 19.7. The Morgan fingerprint density at radius 3 is 2.35 bits per heavy atom. The summed E-state index contributed by atoms with van der Waals surface area (Å²) in [4.78, 5) is 16.3. The molecule has 186 valence electrons. The Morgan fingerprint density at radius 2 is 1.85 bits per heavy atom. The fourth-order valence-electron chi connectivity index (χ4n) is 2.92. The van der Waals surface area contributed by atoms with Gasteiger partial charge in [0.25, 0.3) is 0 Å². The maximum Gasteiger partial charge on any atom is 0.433 e. The van der Waals surface area contributed by atoms with Crippen LogP contribution in [0.2, 0.25) is 0 Å². The molecular formula is C22H25F4N3O4S. The molecule has 1 heterocycles. The van der Waals surface area contributed by atoms with Crippen LogP contribution in [-0.4, -0.2) is 25.6 Å². The summed E-state index contributed by atoms with van der Waals surface area (Å²) in [7, 11) is -3.69. The Bertz CT molecular complexity index is 1150. The number of aromatic nitrogens is 1. The van der Waals surface area contributed by atoms with Crippen molar-refractivity contribution in [2.45, 2.75) is 45.5 Å². The molecule has 12 heteroatoms. The molecule has 0 saturated heterocycles. The molecule has 2 aromatic rings. The minimum atomic E-state index is -4.62. The first kappa shape index (κ1) is 27.1. The van der Waals surface area contributed by atoms with E-state index in [2.05, 4.69) is 10.3 Å². The summed E-state index contributed by atoms with van der Waals surface area (Å²) in [5, 5.41) is 2.59. The third-order valence-electron chi connectivity index (χ3n) is 4.63. The molecular weight excluding hydrogens is 478 g/mol. The fourth-order valence-corrected chi connectivity index (χ4v) is 3.48. The Hall–Kier alpha value is -3.15. The number of allylic oxidation sites excluding steroid dienone is 2. The van der Waals surface area contributed by atoms with Crippen LogP contribution in [0.15, 0.2) is 48.4 Å². The van der Waals surface area contributed by atoms with Gasteiger partial charge in [-0.2, -0.15) is 13.2 Å². The third kappa shape index (κ3) is 7.72. The lowest BCUT2D eigenvalue weighted by Crippen LogP contribution is -2.33. The molecule has 1 aromatic heterocycles. The number of nitrogens with zero attached hydrogens (tertiary/aromatic N) is 1. The van der Waals surface area contributed by atoms with Crippen molar-refractivity contribution in [2.24, 2.45) is 0 Å². The van der Waals surface area contributed by atoms with Gasteiger partial charge >= 0.3 is 6.18 Å². The van der Waals surface area contributed by atoms with Crippen LogP contribution in [0.3, 0.4) is 0 Å². The zero-order chi connectivity index (χ0) is 25.7. The zero-order valence-electron chi connectivity index (χ0n) is 18.9. The first-order valence-electron chi connectivity index (χ1n) is 10.2. The minimum absolute atomic E-state index is 0.177. The smallest absolute Gasteiger partial charge is 0.433 e. The van der Waals surface area contributed by atoms with E-state index in [4.69, 9.17) is 4.74 Å². The van der Waals surface area contributed by atoms with Crippen LogP contribution in [0, 0.1) is 5.82 Å². The van der Waals surface area contributed by atoms with Gasteiger partial charge in [-0.3, -0.25) is 14.5 Å². The summed E-state index contributed by atoms with van der Waals surface area (Å²) < 4.78 is 83.3. The van der Waals surface area contributed by atoms with Gasteiger partial charge in [0.15, 0.2) is 6.23 Å². The van der Waals surface area contributed by atoms with Gasteiger partial charge < -0.3 is 10.1 Å². The topological polar surface area (TPSA) is 97.4 Å². The van der Waals surface area contributed by atoms with Crippen LogP contribution < -0.4 is 10.0 Å². The van der Waals surface area contributed by atoms with Crippen LogP contribution >= 0.6 is 0 Å². The number of hydrogen-bond donors (Lipinski definition) is 2. The van der Waals surface area contributed by atoms with E-state index in [1.165, 1.54) is 19.1 Å². The molecule has 0 radical (unpaired) electrons. The number of ether oxygens (including phenoxy) is 1. The number of carbonyl (C=O) groups excluding carboxylic acids is 1. The highest BCUT2D eigenvalue weighted by Gasteiger charge is 2.32. The SMILES string of the molecule is CC/C=C(/C)OC(NC(=O)C(C)c1ccc(NS(C)(=O)=O)c(F)c1)c1ccc(C(F)(F)F)nc1. The molecule has 0 aliphatic heterocycles. The van der Waals surface area contributed by atoms with Gasteiger partial charge in [0.2, 0.25) is 15.9 Å². The summed E-state index contributed by atoms with van der Waals surface area (Å²) in [6.45, 7) is 4.98. The number of anilines is 1. The van der Waals surface area contributed by atoms with Crippen LogP contribution in [0.25, 0.3) is 0 Å². The molecule has 1 amide bonds. The van der Waals surface area contributed by atoms with Gasteiger partial charge in [0.05, 0.1) is 23.6 Å². The molecule has 0 bridgehead atoms. The maximum atomic E-state index is 14.3. The van der Waals surface area contributed by atoms with Crippen molar-refractivity contribution in [3.8, 4) is 0 Å². The molecule has 2 rings (SSSR count). The number of amides is 1. The van der Waals surface area contributed by atoms with E-state index in [0.29, 0.717) is 12.2 Å². The lowest BCUT2D eigenvalue weighted by atomic mass is 9.99. The Morgan fingerprint density at radius 1 is 1.21 bits per heavy atom. The summed E-state index contributed by atoms with van der Waals surface area (Å²) in [6, 6.07) is 5.53. The Kier molecular flexibility index (Phi) is 8.65. The molecule has 1 aromatic carbocycles. The van der Waals surface area contributed by atoms with Crippen molar-refractivity contribution in [1.29, 1.82) is 0 Å². The van der Waals surface area contributed by atoms with E-state index in [1.807, 2.05) is 11.6 Å². The van der Waals surface area contributed by atoms with Gasteiger partial charge in [-0.15, -0.1) is 0 Å². The van der Waals surface area contributed by atoms with Crippen molar-refractivity contribution in [3.05, 3.63) is 71.0 Å². The number of pyridine rings is 1. The third-order valence-corrected chi connectivity index (χ3v) is 5.22. The van der Waals surface area contributed by atoms with Crippen LogP contribution in [0.4, 0.5) is 23.2 Å². The first-order chi connectivity index (χ1) is 15.7. The molecule has 0 aliphatic rings. The number of carbonyl (C=O) groups is 1. The number of halogens is 4. The number of nitrogens with one attached hydrogen (secondary N) is 2. The molecule has 34 heavy (non-hydrogen) atoms. The molecule has 0 spiro atoms. The molecule has 2 atom stereocenters. The van der Waals surface area contributed by atoms with Crippen molar-refractivity contribution in [2.75, 3.05) is 11.0 Å². The number of rotatable bonds is 9. The average molecular weight is 504 g/mol. The Labute approximate surface area is 195 Å². The largest absolute Gasteiger partial charge is 0.471 e. The van der Waals surface area contributed by atoms with Crippen molar-refractivity contribution < 1.29 is 35.5 Å². The van der Waals surface area contributed by atoms with E-state index in [-0.39, 0.29) is 16.8 Å². The Balaban J connectivity index is 2.27. The predicted octanol–water partition coefficient (Wildman–Crippen LogP) is 4.86. The summed E-state index contributed by atoms with van der Waals surface area (Å²) in [5.74, 6) is -1.94. The van der Waals surface area contributed by atoms with Crippen molar-refractivity contribution in [3.63, 3.8) is 0 Å². The maximum absolute atomic E-state index is 14.3. The lowest BCUT2D eigenvalue weighted by Gasteiger charge is -2.23. The van der Waals surface area contributed by atoms with E-state index in [1.54, 1.807) is 13.0 Å². The minimum Gasteiger partial charge on any atom is -0.471 e. The van der Waals surface area contributed by atoms with E-state index in [9.17, 15) is 30.8 Å². The molecule has 0 saturated carbocycles. The van der Waals surface area contributed by atoms with Crippen LogP contribution in [0.5, 0.6) is 0 Å². The number of benzene rings is 1. The summed E-state index contributed by atoms with van der Waals surface area (Å²) in [5.41, 5.74) is -0.930. The second kappa shape index (κ2) is 10.9. The van der Waals surface area contributed by atoms with Crippen LogP contribution in [-0.2, 0) is 25.7 Å². The number of sulfonamides is 1. The highest BCUT2D eigenvalue weighted by atomic mass is 32.2. The second-order valence-corrected chi connectivity index (χ2v) is 9.29. The molecule has 0 fully saturated rings. The molecule has 7 nitrogen and oxygen atoms in total. The predicted molar refractivity (Wildman–Crippen MR) is 119 cm³/mol. The fraction of sp³-hybridized carbons (Fsp3) is 0.364. The highest BCUT2D eigenvalue weighted by molar-refractivity contribution is 7.92. The quantitative estimate of drug-likeness (QED) is 0.289. The number of alkyl halides is 3. The molecule has 0 aliphatic carbocycles. The monoisotopic (exact) mass is 503 g/mol. The number of hydrogen-bond acceptors (Lipinski definition) is 5.